The second-order valence-corrected chi connectivity index (χ2v) is 4.70. The van der Waals surface area contributed by atoms with Crippen LogP contribution in [0.3, 0.4) is 0 Å². The van der Waals surface area contributed by atoms with Crippen molar-refractivity contribution in [3.8, 4) is 5.75 Å². The van der Waals surface area contributed by atoms with Crippen LogP contribution < -0.4 is 9.64 Å². The van der Waals surface area contributed by atoms with Gasteiger partial charge in [0.2, 0.25) is 0 Å². The normalized spacial score (nSPS) is 20.7. The summed E-state index contributed by atoms with van der Waals surface area (Å²) in [6.07, 6.45) is 0.444. The van der Waals surface area contributed by atoms with Crippen LogP contribution in [0.5, 0.6) is 5.75 Å². The van der Waals surface area contributed by atoms with E-state index in [0.717, 1.165) is 17.9 Å². The van der Waals surface area contributed by atoms with Crippen molar-refractivity contribution in [3.63, 3.8) is 0 Å². The van der Waals surface area contributed by atoms with Gasteiger partial charge in [0.15, 0.2) is 0 Å². The highest BCUT2D eigenvalue weighted by Crippen LogP contribution is 2.29. The first-order valence-corrected chi connectivity index (χ1v) is 6.35. The number of ether oxygens (including phenoxy) is 2. The molecule has 0 unspecified atom stereocenters. The molecule has 5 heteroatoms. The van der Waals surface area contributed by atoms with E-state index in [9.17, 15) is 4.79 Å². The lowest BCUT2D eigenvalue weighted by molar-refractivity contribution is 0.178. The molecule has 1 aromatic carbocycles. The summed E-state index contributed by atoms with van der Waals surface area (Å²) in [6.45, 7) is 2.33. The highest BCUT2D eigenvalue weighted by Gasteiger charge is 2.38. The maximum atomic E-state index is 11.8. The minimum absolute atomic E-state index is 0.112. The van der Waals surface area contributed by atoms with E-state index >= 15 is 0 Å². The highest BCUT2D eigenvalue weighted by atomic mass is 35.5. The number of methoxy groups -OCH3 is 1. The molecule has 1 aliphatic heterocycles. The van der Waals surface area contributed by atoms with Crippen LogP contribution in [-0.2, 0) is 4.74 Å². The molecule has 1 amide bonds. The lowest BCUT2D eigenvalue weighted by Gasteiger charge is -2.24. The molecule has 2 rings (SSSR count). The number of nitrogens with zero attached hydrogens (tertiary/aromatic N) is 1. The Hall–Kier alpha value is -1.42. The number of hydrogen-bond acceptors (Lipinski definition) is 3. The average molecular weight is 270 g/mol. The quantitative estimate of drug-likeness (QED) is 0.789. The number of cyclic esters (lactones) is 1. The number of amides is 1. The molecule has 0 radical (unpaired) electrons. The molecule has 1 aliphatic rings. The Labute approximate surface area is 111 Å². The Kier molecular flexibility index (Phi) is 3.97. The van der Waals surface area contributed by atoms with Gasteiger partial charge in [-0.1, -0.05) is 6.92 Å². The number of hydrogen-bond donors (Lipinski definition) is 0. The molecule has 1 aromatic rings. The van der Waals surface area contributed by atoms with Crippen molar-refractivity contribution in [3.05, 3.63) is 24.3 Å². The summed E-state index contributed by atoms with van der Waals surface area (Å²) in [5.41, 5.74) is 0.780. The van der Waals surface area contributed by atoms with Crippen molar-refractivity contribution >= 4 is 23.4 Å². The van der Waals surface area contributed by atoms with E-state index in [0.29, 0.717) is 6.61 Å². The van der Waals surface area contributed by atoms with Crippen molar-refractivity contribution in [1.82, 2.24) is 0 Å². The van der Waals surface area contributed by atoms with E-state index in [1.807, 2.05) is 31.2 Å². The number of anilines is 1. The minimum Gasteiger partial charge on any atom is -0.497 e. The van der Waals surface area contributed by atoms with Gasteiger partial charge in [0.25, 0.3) is 0 Å². The summed E-state index contributed by atoms with van der Waals surface area (Å²) in [7, 11) is 1.60. The summed E-state index contributed by atoms with van der Waals surface area (Å²) in [6, 6.07) is 7.17. The molecule has 0 N–H and O–H groups in total. The van der Waals surface area contributed by atoms with Crippen LogP contribution in [-0.4, -0.2) is 31.2 Å². The third kappa shape index (κ3) is 2.38. The number of alkyl halides is 1. The zero-order valence-corrected chi connectivity index (χ0v) is 11.2. The van der Waals surface area contributed by atoms with E-state index in [1.54, 1.807) is 12.0 Å². The Balaban J connectivity index is 2.24. The van der Waals surface area contributed by atoms with Crippen LogP contribution in [0, 0.1) is 0 Å². The van der Waals surface area contributed by atoms with Gasteiger partial charge < -0.3 is 9.47 Å². The highest BCUT2D eigenvalue weighted by molar-refractivity contribution is 6.21. The van der Waals surface area contributed by atoms with Gasteiger partial charge in [-0.25, -0.2) is 4.79 Å². The van der Waals surface area contributed by atoms with E-state index in [4.69, 9.17) is 21.1 Å². The van der Waals surface area contributed by atoms with Gasteiger partial charge >= 0.3 is 6.09 Å². The smallest absolute Gasteiger partial charge is 0.414 e. The number of carbonyl (C=O) groups excluding carboxylic acids is 1. The molecular formula is C13H16ClNO3. The maximum absolute atomic E-state index is 11.8. The van der Waals surface area contributed by atoms with Gasteiger partial charge in [-0.3, -0.25) is 4.90 Å². The van der Waals surface area contributed by atoms with Gasteiger partial charge in [0, 0.05) is 5.69 Å². The molecule has 98 valence electrons. The predicted molar refractivity (Wildman–Crippen MR) is 70.5 cm³/mol. The van der Waals surface area contributed by atoms with Crippen molar-refractivity contribution in [1.29, 1.82) is 0 Å². The molecule has 0 aromatic heterocycles. The second-order valence-electron chi connectivity index (χ2n) is 4.14. The summed E-state index contributed by atoms with van der Waals surface area (Å²) in [5, 5.41) is -0.112. The zero-order valence-electron chi connectivity index (χ0n) is 10.4. The molecule has 0 saturated carbocycles. The fourth-order valence-corrected chi connectivity index (χ4v) is 2.20. The fourth-order valence-electron chi connectivity index (χ4n) is 2.01. The first-order valence-electron chi connectivity index (χ1n) is 5.91. The molecule has 0 bridgehead atoms. The van der Waals surface area contributed by atoms with Gasteiger partial charge in [-0.2, -0.15) is 0 Å². The summed E-state index contributed by atoms with van der Waals surface area (Å²) >= 11 is 6.24. The molecule has 0 aliphatic carbocycles. The Bertz CT molecular complexity index is 421. The van der Waals surface area contributed by atoms with Crippen LogP contribution in [0.4, 0.5) is 10.5 Å². The number of halogens is 1. The molecule has 2 atom stereocenters. The number of benzene rings is 1. The summed E-state index contributed by atoms with van der Waals surface area (Å²) in [4.78, 5) is 13.4. The van der Waals surface area contributed by atoms with Crippen molar-refractivity contribution in [2.75, 3.05) is 18.6 Å². The second kappa shape index (κ2) is 5.48. The molecule has 18 heavy (non-hydrogen) atoms. The van der Waals surface area contributed by atoms with E-state index in [1.165, 1.54) is 0 Å². The van der Waals surface area contributed by atoms with Crippen LogP contribution in [0.25, 0.3) is 0 Å². The largest absolute Gasteiger partial charge is 0.497 e. The first kappa shape index (κ1) is 13.0. The summed E-state index contributed by atoms with van der Waals surface area (Å²) < 4.78 is 10.2. The first-order chi connectivity index (χ1) is 8.67. The fraction of sp³-hybridized carbons (Fsp3) is 0.462. The van der Waals surface area contributed by atoms with Gasteiger partial charge in [0.1, 0.15) is 12.4 Å². The Morgan fingerprint density at radius 3 is 2.72 bits per heavy atom. The third-order valence-electron chi connectivity index (χ3n) is 3.06. The Morgan fingerprint density at radius 2 is 2.17 bits per heavy atom. The van der Waals surface area contributed by atoms with E-state index < -0.39 is 0 Å². The molecule has 0 spiro atoms. The SMILES string of the molecule is CC[C@H](Cl)[C@H]1COC(=O)N1c1ccc(OC)cc1. The van der Waals surface area contributed by atoms with Crippen LogP contribution in [0.1, 0.15) is 13.3 Å². The monoisotopic (exact) mass is 269 g/mol. The Morgan fingerprint density at radius 1 is 1.50 bits per heavy atom. The van der Waals surface area contributed by atoms with Crippen LogP contribution in [0.15, 0.2) is 24.3 Å². The molecule has 1 saturated heterocycles. The topological polar surface area (TPSA) is 38.8 Å². The van der Waals surface area contributed by atoms with Gasteiger partial charge in [0.05, 0.1) is 18.5 Å². The van der Waals surface area contributed by atoms with Crippen molar-refractivity contribution in [2.24, 2.45) is 0 Å². The van der Waals surface area contributed by atoms with Crippen molar-refractivity contribution < 1.29 is 14.3 Å². The zero-order chi connectivity index (χ0) is 13.1. The van der Waals surface area contributed by atoms with Crippen LogP contribution in [0.2, 0.25) is 0 Å². The third-order valence-corrected chi connectivity index (χ3v) is 3.66. The van der Waals surface area contributed by atoms with Crippen LogP contribution >= 0.6 is 11.6 Å². The minimum atomic E-state index is -0.343. The van der Waals surface area contributed by atoms with Gasteiger partial charge in [-0.05, 0) is 30.7 Å². The number of carbonyl (C=O) groups is 1. The molecule has 4 nitrogen and oxygen atoms in total. The van der Waals surface area contributed by atoms with E-state index in [2.05, 4.69) is 0 Å². The predicted octanol–water partition coefficient (Wildman–Crippen LogP) is 3.04. The average Bonchev–Trinajstić information content (AvgIpc) is 2.80. The number of rotatable bonds is 4. The molecule has 1 fully saturated rings. The maximum Gasteiger partial charge on any atom is 0.414 e. The van der Waals surface area contributed by atoms with Crippen molar-refractivity contribution in [2.45, 2.75) is 24.8 Å². The molecular weight excluding hydrogens is 254 g/mol. The lowest BCUT2D eigenvalue weighted by Crippen LogP contribution is -2.39. The van der Waals surface area contributed by atoms with E-state index in [-0.39, 0.29) is 17.5 Å². The lowest BCUT2D eigenvalue weighted by atomic mass is 10.1. The standard InChI is InChI=1S/C13H16ClNO3/c1-3-11(14)12-8-18-13(16)15(12)9-4-6-10(17-2)7-5-9/h4-7,11-12H,3,8H2,1-2H3/t11-,12+/m0/s1. The summed E-state index contributed by atoms with van der Waals surface area (Å²) in [5.74, 6) is 0.751. The molecule has 1 heterocycles. The van der Waals surface area contributed by atoms with Gasteiger partial charge in [-0.15, -0.1) is 11.6 Å².